The standard InChI is InChI=1S/C12H25N3O2.ClH/c1-6-14-9(16)8-15(7-2)11(17)10(13)12(3,4)5;/h10H,6-8,13H2,1-5H3,(H,14,16);1H/t10-;/m1./s1. The van der Waals surface area contributed by atoms with E-state index in [2.05, 4.69) is 5.32 Å². The topological polar surface area (TPSA) is 75.4 Å². The van der Waals surface area contributed by atoms with Crippen LogP contribution in [0.2, 0.25) is 0 Å². The fraction of sp³-hybridized carbons (Fsp3) is 0.833. The lowest BCUT2D eigenvalue weighted by atomic mass is 9.86. The van der Waals surface area contributed by atoms with Gasteiger partial charge in [0.2, 0.25) is 11.8 Å². The van der Waals surface area contributed by atoms with E-state index in [1.807, 2.05) is 34.6 Å². The van der Waals surface area contributed by atoms with Crippen molar-refractivity contribution >= 4 is 24.2 Å². The van der Waals surface area contributed by atoms with E-state index >= 15 is 0 Å². The summed E-state index contributed by atoms with van der Waals surface area (Å²) in [5.74, 6) is -0.324. The van der Waals surface area contributed by atoms with Crippen LogP contribution in [0.4, 0.5) is 0 Å². The van der Waals surface area contributed by atoms with Gasteiger partial charge in [-0.3, -0.25) is 9.59 Å². The highest BCUT2D eigenvalue weighted by atomic mass is 35.5. The second kappa shape index (κ2) is 8.32. The van der Waals surface area contributed by atoms with E-state index in [1.54, 1.807) is 0 Å². The molecule has 0 aromatic carbocycles. The molecule has 0 spiro atoms. The third-order valence-corrected chi connectivity index (χ3v) is 2.60. The van der Waals surface area contributed by atoms with Crippen LogP contribution in [-0.4, -0.2) is 42.4 Å². The summed E-state index contributed by atoms with van der Waals surface area (Å²) in [6.45, 7) is 10.5. The number of nitrogens with one attached hydrogen (secondary N) is 1. The van der Waals surface area contributed by atoms with Crippen LogP contribution < -0.4 is 11.1 Å². The predicted molar refractivity (Wildman–Crippen MR) is 75.6 cm³/mol. The van der Waals surface area contributed by atoms with Crippen molar-refractivity contribution in [3.05, 3.63) is 0 Å². The first-order valence-corrected chi connectivity index (χ1v) is 6.05. The van der Waals surface area contributed by atoms with Gasteiger partial charge in [0.1, 0.15) is 0 Å². The summed E-state index contributed by atoms with van der Waals surface area (Å²) in [5.41, 5.74) is 5.60. The van der Waals surface area contributed by atoms with Crippen molar-refractivity contribution in [2.45, 2.75) is 40.7 Å². The first-order chi connectivity index (χ1) is 7.73. The Morgan fingerprint density at radius 2 is 1.78 bits per heavy atom. The van der Waals surface area contributed by atoms with E-state index in [-0.39, 0.29) is 36.2 Å². The quantitative estimate of drug-likeness (QED) is 0.780. The van der Waals surface area contributed by atoms with E-state index < -0.39 is 6.04 Å². The maximum Gasteiger partial charge on any atom is 0.240 e. The SMILES string of the molecule is CCNC(=O)CN(CC)C(=O)[C@@H](N)C(C)(C)C.Cl. The molecule has 18 heavy (non-hydrogen) atoms. The first kappa shape index (κ1) is 19.5. The molecule has 0 radical (unpaired) electrons. The third-order valence-electron chi connectivity index (χ3n) is 2.60. The molecule has 5 nitrogen and oxygen atoms in total. The Morgan fingerprint density at radius 3 is 2.11 bits per heavy atom. The molecule has 0 aliphatic heterocycles. The molecule has 2 amide bonds. The van der Waals surface area contributed by atoms with E-state index in [1.165, 1.54) is 4.90 Å². The molecule has 0 aromatic rings. The third kappa shape index (κ3) is 6.21. The van der Waals surface area contributed by atoms with Crippen LogP contribution >= 0.6 is 12.4 Å². The molecule has 0 aromatic heterocycles. The van der Waals surface area contributed by atoms with Crippen LogP contribution in [0.25, 0.3) is 0 Å². The van der Waals surface area contributed by atoms with E-state index in [9.17, 15) is 9.59 Å². The molecule has 0 bridgehead atoms. The van der Waals surface area contributed by atoms with Crippen molar-refractivity contribution < 1.29 is 9.59 Å². The van der Waals surface area contributed by atoms with Gasteiger partial charge in [-0.2, -0.15) is 0 Å². The maximum absolute atomic E-state index is 12.1. The van der Waals surface area contributed by atoms with Gasteiger partial charge in [-0.25, -0.2) is 0 Å². The summed E-state index contributed by atoms with van der Waals surface area (Å²) in [6, 6.07) is -0.586. The minimum atomic E-state index is -0.586. The Balaban J connectivity index is 0. The lowest BCUT2D eigenvalue weighted by Crippen LogP contribution is -2.52. The number of likely N-dealkylation sites (N-methyl/N-ethyl adjacent to an activating group) is 2. The lowest BCUT2D eigenvalue weighted by molar-refractivity contribution is -0.138. The number of nitrogens with zero attached hydrogens (tertiary/aromatic N) is 1. The molecule has 6 heteroatoms. The number of rotatable bonds is 5. The minimum Gasteiger partial charge on any atom is -0.355 e. The zero-order valence-corrected chi connectivity index (χ0v) is 12.8. The predicted octanol–water partition coefficient (Wildman–Crippen LogP) is 0.766. The lowest BCUT2D eigenvalue weighted by Gasteiger charge is -2.31. The first-order valence-electron chi connectivity index (χ1n) is 6.05. The van der Waals surface area contributed by atoms with E-state index in [4.69, 9.17) is 5.73 Å². The Morgan fingerprint density at radius 1 is 1.28 bits per heavy atom. The molecule has 108 valence electrons. The molecule has 0 aliphatic rings. The Kier molecular flexibility index (Phi) is 9.03. The number of hydrogen-bond donors (Lipinski definition) is 2. The molecular weight excluding hydrogens is 254 g/mol. The van der Waals surface area contributed by atoms with Gasteiger partial charge >= 0.3 is 0 Å². The van der Waals surface area contributed by atoms with Gasteiger partial charge in [-0.05, 0) is 19.3 Å². The molecule has 0 heterocycles. The van der Waals surface area contributed by atoms with Crippen molar-refractivity contribution in [3.63, 3.8) is 0 Å². The average Bonchev–Trinajstić information content (AvgIpc) is 2.23. The number of hydrogen-bond acceptors (Lipinski definition) is 3. The monoisotopic (exact) mass is 279 g/mol. The van der Waals surface area contributed by atoms with Gasteiger partial charge in [0.15, 0.2) is 0 Å². The summed E-state index contributed by atoms with van der Waals surface area (Å²) in [5, 5.41) is 2.67. The fourth-order valence-electron chi connectivity index (χ4n) is 1.34. The van der Waals surface area contributed by atoms with Gasteiger partial charge in [-0.1, -0.05) is 20.8 Å². The van der Waals surface area contributed by atoms with Crippen LogP contribution in [0, 0.1) is 5.41 Å². The van der Waals surface area contributed by atoms with Crippen molar-refractivity contribution in [3.8, 4) is 0 Å². The summed E-state index contributed by atoms with van der Waals surface area (Å²) in [4.78, 5) is 25.0. The molecular formula is C12H26ClN3O2. The second-order valence-corrected chi connectivity index (χ2v) is 5.15. The molecule has 0 saturated carbocycles. The summed E-state index contributed by atoms with van der Waals surface area (Å²) in [7, 11) is 0. The molecule has 0 fully saturated rings. The minimum absolute atomic E-state index is 0. The van der Waals surface area contributed by atoms with Crippen LogP contribution in [0.3, 0.4) is 0 Å². The summed E-state index contributed by atoms with van der Waals surface area (Å²) >= 11 is 0. The largest absolute Gasteiger partial charge is 0.355 e. The zero-order chi connectivity index (χ0) is 13.6. The van der Waals surface area contributed by atoms with E-state index in [0.29, 0.717) is 13.1 Å². The van der Waals surface area contributed by atoms with Crippen LogP contribution in [0.15, 0.2) is 0 Å². The maximum atomic E-state index is 12.1. The second-order valence-electron chi connectivity index (χ2n) is 5.15. The van der Waals surface area contributed by atoms with Gasteiger partial charge in [0, 0.05) is 13.1 Å². The van der Waals surface area contributed by atoms with Gasteiger partial charge in [0.05, 0.1) is 12.6 Å². The highest BCUT2D eigenvalue weighted by molar-refractivity contribution is 5.87. The molecule has 1 atom stereocenters. The molecule has 3 N–H and O–H groups in total. The van der Waals surface area contributed by atoms with E-state index in [0.717, 1.165) is 0 Å². The van der Waals surface area contributed by atoms with Crippen molar-refractivity contribution in [1.82, 2.24) is 10.2 Å². The molecule has 0 unspecified atom stereocenters. The summed E-state index contributed by atoms with van der Waals surface area (Å²) in [6.07, 6.45) is 0. The van der Waals surface area contributed by atoms with Crippen LogP contribution in [0.1, 0.15) is 34.6 Å². The number of nitrogens with two attached hydrogens (primary N) is 1. The number of halogens is 1. The average molecular weight is 280 g/mol. The Bertz CT molecular complexity index is 277. The normalized spacial score (nSPS) is 12.3. The highest BCUT2D eigenvalue weighted by Gasteiger charge is 2.31. The molecule has 0 aliphatic carbocycles. The zero-order valence-electron chi connectivity index (χ0n) is 11.9. The number of carbonyl (C=O) groups excluding carboxylic acids is 2. The van der Waals surface area contributed by atoms with Crippen LogP contribution in [0.5, 0.6) is 0 Å². The highest BCUT2D eigenvalue weighted by Crippen LogP contribution is 2.18. The number of carbonyl (C=O) groups is 2. The molecule has 0 saturated heterocycles. The Hall–Kier alpha value is -0.810. The Labute approximate surface area is 116 Å². The van der Waals surface area contributed by atoms with Crippen molar-refractivity contribution in [2.75, 3.05) is 19.6 Å². The van der Waals surface area contributed by atoms with Gasteiger partial charge < -0.3 is 16.0 Å². The van der Waals surface area contributed by atoms with Crippen molar-refractivity contribution in [1.29, 1.82) is 0 Å². The van der Waals surface area contributed by atoms with Crippen LogP contribution in [-0.2, 0) is 9.59 Å². The smallest absolute Gasteiger partial charge is 0.240 e. The summed E-state index contributed by atoms with van der Waals surface area (Å²) < 4.78 is 0. The molecule has 0 rings (SSSR count). The van der Waals surface area contributed by atoms with Gasteiger partial charge in [-0.15, -0.1) is 12.4 Å². The number of amides is 2. The van der Waals surface area contributed by atoms with Gasteiger partial charge in [0.25, 0.3) is 0 Å². The fourth-order valence-corrected chi connectivity index (χ4v) is 1.34. The van der Waals surface area contributed by atoms with Crippen molar-refractivity contribution in [2.24, 2.45) is 11.1 Å².